The number of aromatic nitrogens is 3. The van der Waals surface area contributed by atoms with Crippen molar-refractivity contribution in [1.82, 2.24) is 15.2 Å². The Morgan fingerprint density at radius 3 is 2.83 bits per heavy atom. The minimum Gasteiger partial charge on any atom is -0.321 e. The monoisotopic (exact) mass is 320 g/mol. The predicted molar refractivity (Wildman–Crippen MR) is 91.6 cm³/mol. The Labute approximate surface area is 136 Å². The number of hydrogen-bond acceptors (Lipinski definition) is 4. The zero-order chi connectivity index (χ0) is 15.6. The molecule has 0 aliphatic rings. The third-order valence-corrected chi connectivity index (χ3v) is 4.57. The molecule has 2 aromatic heterocycles. The highest BCUT2D eigenvalue weighted by molar-refractivity contribution is 7.20. The average molecular weight is 320 g/mol. The summed E-state index contributed by atoms with van der Waals surface area (Å²) in [6.45, 7) is 0. The summed E-state index contributed by atoms with van der Waals surface area (Å²) in [4.78, 5) is 17.3. The van der Waals surface area contributed by atoms with Gasteiger partial charge < -0.3 is 5.32 Å². The highest BCUT2D eigenvalue weighted by Crippen LogP contribution is 2.26. The van der Waals surface area contributed by atoms with Gasteiger partial charge in [0.05, 0.1) is 4.88 Å². The molecule has 0 radical (unpaired) electrons. The zero-order valence-corrected chi connectivity index (χ0v) is 12.8. The molecule has 4 aromatic rings. The van der Waals surface area contributed by atoms with Crippen LogP contribution in [0.1, 0.15) is 9.67 Å². The number of carbonyl (C=O) groups is 1. The molecule has 0 aliphatic carbocycles. The van der Waals surface area contributed by atoms with Crippen LogP contribution in [0.3, 0.4) is 0 Å². The van der Waals surface area contributed by atoms with E-state index in [2.05, 4.69) is 20.5 Å². The molecule has 2 N–H and O–H groups in total. The molecule has 2 heterocycles. The molecule has 0 unspecified atom stereocenters. The minimum absolute atomic E-state index is 0.110. The van der Waals surface area contributed by atoms with Gasteiger partial charge in [-0.2, -0.15) is 5.10 Å². The van der Waals surface area contributed by atoms with Gasteiger partial charge in [-0.25, -0.2) is 4.98 Å². The van der Waals surface area contributed by atoms with Crippen LogP contribution in [-0.4, -0.2) is 21.1 Å². The van der Waals surface area contributed by atoms with Crippen molar-refractivity contribution in [1.29, 1.82) is 0 Å². The van der Waals surface area contributed by atoms with Crippen LogP contribution in [0.2, 0.25) is 0 Å². The van der Waals surface area contributed by atoms with E-state index in [0.717, 1.165) is 21.3 Å². The highest BCUT2D eigenvalue weighted by Gasteiger charge is 2.11. The molecule has 0 bridgehead atoms. The van der Waals surface area contributed by atoms with Crippen LogP contribution in [0, 0.1) is 0 Å². The fraction of sp³-hybridized carbons (Fsp3) is 0. The lowest BCUT2D eigenvalue weighted by molar-refractivity contribution is 0.103. The molecule has 4 rings (SSSR count). The van der Waals surface area contributed by atoms with Crippen molar-refractivity contribution in [2.24, 2.45) is 0 Å². The molecule has 0 saturated carbocycles. The fourth-order valence-electron chi connectivity index (χ4n) is 2.38. The second-order valence-corrected chi connectivity index (χ2v) is 6.10. The number of benzene rings is 2. The maximum absolute atomic E-state index is 12.4. The van der Waals surface area contributed by atoms with E-state index in [1.807, 2.05) is 54.6 Å². The van der Waals surface area contributed by atoms with Gasteiger partial charge in [0, 0.05) is 16.0 Å². The molecule has 0 saturated heterocycles. The molecule has 0 fully saturated rings. The normalized spacial score (nSPS) is 10.8. The largest absolute Gasteiger partial charge is 0.321 e. The first-order valence-corrected chi connectivity index (χ1v) is 7.87. The second kappa shape index (κ2) is 5.66. The van der Waals surface area contributed by atoms with Crippen LogP contribution < -0.4 is 5.32 Å². The van der Waals surface area contributed by atoms with Crippen molar-refractivity contribution in [3.63, 3.8) is 0 Å². The first-order valence-electron chi connectivity index (χ1n) is 7.05. The molecule has 0 spiro atoms. The summed E-state index contributed by atoms with van der Waals surface area (Å²) >= 11 is 1.49. The zero-order valence-electron chi connectivity index (χ0n) is 12.0. The minimum atomic E-state index is -0.110. The second-order valence-electron chi connectivity index (χ2n) is 5.02. The molecule has 0 atom stereocenters. The number of carbonyl (C=O) groups excluding carboxylic acids is 1. The number of fused-ring (bicyclic) bond motifs is 1. The number of rotatable bonds is 3. The smallest absolute Gasteiger partial charge is 0.265 e. The van der Waals surface area contributed by atoms with Crippen LogP contribution in [0.5, 0.6) is 0 Å². The molecule has 5 nitrogen and oxygen atoms in total. The number of nitrogens with zero attached hydrogens (tertiary/aromatic N) is 2. The van der Waals surface area contributed by atoms with Gasteiger partial charge in [0.15, 0.2) is 5.82 Å². The average Bonchev–Trinajstić information content (AvgIpc) is 3.24. The standard InChI is InChI=1S/C17H12N4OS/c22-17(15-9-11-4-1-2-7-14(11)23-15)20-13-6-3-5-12(8-13)16-18-10-19-21-16/h1-10H,(H,20,22)(H,18,19,21). The van der Waals surface area contributed by atoms with Gasteiger partial charge in [-0.1, -0.05) is 30.3 Å². The summed E-state index contributed by atoms with van der Waals surface area (Å²) in [5.41, 5.74) is 1.60. The number of amides is 1. The lowest BCUT2D eigenvalue weighted by atomic mass is 10.2. The lowest BCUT2D eigenvalue weighted by Crippen LogP contribution is -2.09. The van der Waals surface area contributed by atoms with E-state index in [0.29, 0.717) is 10.7 Å². The van der Waals surface area contributed by atoms with E-state index < -0.39 is 0 Å². The van der Waals surface area contributed by atoms with Crippen LogP contribution in [0.25, 0.3) is 21.5 Å². The Morgan fingerprint density at radius 1 is 1.09 bits per heavy atom. The van der Waals surface area contributed by atoms with Crippen LogP contribution in [0.4, 0.5) is 5.69 Å². The number of nitrogens with one attached hydrogen (secondary N) is 2. The molecule has 0 aliphatic heterocycles. The van der Waals surface area contributed by atoms with Crippen LogP contribution >= 0.6 is 11.3 Å². The Balaban J connectivity index is 1.60. The van der Waals surface area contributed by atoms with Crippen molar-refractivity contribution < 1.29 is 4.79 Å². The Hall–Kier alpha value is -2.99. The Bertz CT molecular complexity index is 942. The Morgan fingerprint density at radius 2 is 2.00 bits per heavy atom. The number of thiophene rings is 1. The van der Waals surface area contributed by atoms with Gasteiger partial charge >= 0.3 is 0 Å². The van der Waals surface area contributed by atoms with Gasteiger partial charge in [-0.05, 0) is 29.7 Å². The molecular formula is C17H12N4OS. The maximum Gasteiger partial charge on any atom is 0.265 e. The van der Waals surface area contributed by atoms with Crippen molar-refractivity contribution >= 4 is 33.0 Å². The summed E-state index contributed by atoms with van der Waals surface area (Å²) in [5, 5.41) is 10.7. The third-order valence-electron chi connectivity index (χ3n) is 3.46. The molecule has 6 heteroatoms. The van der Waals surface area contributed by atoms with E-state index in [4.69, 9.17) is 0 Å². The van der Waals surface area contributed by atoms with Crippen molar-refractivity contribution in [2.45, 2.75) is 0 Å². The van der Waals surface area contributed by atoms with E-state index in [-0.39, 0.29) is 5.91 Å². The number of aromatic amines is 1. The summed E-state index contributed by atoms with van der Waals surface area (Å²) < 4.78 is 1.10. The summed E-state index contributed by atoms with van der Waals surface area (Å²) in [7, 11) is 0. The van der Waals surface area contributed by atoms with Gasteiger partial charge in [0.2, 0.25) is 0 Å². The van der Waals surface area contributed by atoms with E-state index in [9.17, 15) is 4.79 Å². The SMILES string of the molecule is O=C(Nc1cccc(-c2ncn[nH]2)c1)c1cc2ccccc2s1. The predicted octanol–water partition coefficient (Wildman–Crippen LogP) is 3.94. The molecule has 23 heavy (non-hydrogen) atoms. The maximum atomic E-state index is 12.4. The molecule has 1 amide bonds. The molecule has 2 aromatic carbocycles. The van der Waals surface area contributed by atoms with Crippen LogP contribution in [-0.2, 0) is 0 Å². The number of anilines is 1. The molecule has 112 valence electrons. The van der Waals surface area contributed by atoms with Gasteiger partial charge in [-0.15, -0.1) is 11.3 Å². The topological polar surface area (TPSA) is 70.7 Å². The van der Waals surface area contributed by atoms with E-state index in [1.165, 1.54) is 17.7 Å². The Kier molecular flexibility index (Phi) is 3.36. The first-order chi connectivity index (χ1) is 11.3. The van der Waals surface area contributed by atoms with Crippen molar-refractivity contribution in [2.75, 3.05) is 5.32 Å². The van der Waals surface area contributed by atoms with Gasteiger partial charge in [0.1, 0.15) is 6.33 Å². The summed E-state index contributed by atoms with van der Waals surface area (Å²) in [6, 6.07) is 17.4. The van der Waals surface area contributed by atoms with Crippen molar-refractivity contribution in [3.8, 4) is 11.4 Å². The van der Waals surface area contributed by atoms with Crippen molar-refractivity contribution in [3.05, 3.63) is 65.8 Å². The fourth-order valence-corrected chi connectivity index (χ4v) is 3.33. The van der Waals surface area contributed by atoms with E-state index in [1.54, 1.807) is 0 Å². The highest BCUT2D eigenvalue weighted by atomic mass is 32.1. The third kappa shape index (κ3) is 2.72. The van der Waals surface area contributed by atoms with Gasteiger partial charge in [0.25, 0.3) is 5.91 Å². The van der Waals surface area contributed by atoms with E-state index >= 15 is 0 Å². The van der Waals surface area contributed by atoms with Crippen LogP contribution in [0.15, 0.2) is 60.9 Å². The quantitative estimate of drug-likeness (QED) is 0.600. The summed E-state index contributed by atoms with van der Waals surface area (Å²) in [6.07, 6.45) is 1.46. The summed E-state index contributed by atoms with van der Waals surface area (Å²) in [5.74, 6) is 0.559. The number of hydrogen-bond donors (Lipinski definition) is 2. The lowest BCUT2D eigenvalue weighted by Gasteiger charge is -2.05. The van der Waals surface area contributed by atoms with Gasteiger partial charge in [-0.3, -0.25) is 9.89 Å². The first kappa shape index (κ1) is 13.7. The number of H-pyrrole nitrogens is 1. The molecular weight excluding hydrogens is 308 g/mol.